The van der Waals surface area contributed by atoms with Gasteiger partial charge in [0, 0.05) is 5.57 Å². The molecule has 25 heavy (non-hydrogen) atoms. The number of hydrogen-bond donors (Lipinski definition) is 1. The molecule has 0 bridgehead atoms. The van der Waals surface area contributed by atoms with Crippen molar-refractivity contribution in [2.75, 3.05) is 0 Å². The van der Waals surface area contributed by atoms with Crippen LogP contribution in [0.15, 0.2) is 51.6 Å². The van der Waals surface area contributed by atoms with Gasteiger partial charge in [-0.3, -0.25) is 4.79 Å². The number of allylic oxidation sites excluding steroid dienone is 1. The summed E-state index contributed by atoms with van der Waals surface area (Å²) in [5, 5.41) is 3.80. The maximum atomic E-state index is 12.9. The molecule has 1 amide bonds. The van der Waals surface area contributed by atoms with Gasteiger partial charge < -0.3 is 0 Å². The van der Waals surface area contributed by atoms with Gasteiger partial charge in [-0.25, -0.2) is 13.1 Å². The van der Waals surface area contributed by atoms with Crippen LogP contribution in [0.3, 0.4) is 0 Å². The van der Waals surface area contributed by atoms with Crippen LogP contribution in [0.1, 0.15) is 43.2 Å². The fourth-order valence-corrected chi connectivity index (χ4v) is 4.69. The van der Waals surface area contributed by atoms with Crippen LogP contribution < -0.4 is 4.72 Å². The predicted octanol–water partition coefficient (Wildman–Crippen LogP) is 4.28. The van der Waals surface area contributed by atoms with Gasteiger partial charge in [-0.15, -0.1) is 0 Å². The highest BCUT2D eigenvalue weighted by Crippen LogP contribution is 2.32. The second kappa shape index (κ2) is 7.54. The van der Waals surface area contributed by atoms with Crippen molar-refractivity contribution in [1.29, 1.82) is 0 Å². The van der Waals surface area contributed by atoms with E-state index >= 15 is 0 Å². The number of nitrogens with one attached hydrogen (secondary N) is 1. The maximum absolute atomic E-state index is 12.9. The highest BCUT2D eigenvalue weighted by molar-refractivity contribution is 7.90. The molecule has 0 spiro atoms. The van der Waals surface area contributed by atoms with Crippen molar-refractivity contribution >= 4 is 32.8 Å². The summed E-state index contributed by atoms with van der Waals surface area (Å²) in [4.78, 5) is 13.0. The SMILES string of the molecule is Cc1ccc(S(=O)(=O)NC(=O)C(=C2CCCCC2)c2ccsc2)cc1. The third-order valence-electron chi connectivity index (χ3n) is 4.41. The van der Waals surface area contributed by atoms with Crippen molar-refractivity contribution in [2.24, 2.45) is 0 Å². The quantitative estimate of drug-likeness (QED) is 0.811. The molecule has 1 aromatic heterocycles. The van der Waals surface area contributed by atoms with Gasteiger partial charge in [-0.1, -0.05) is 29.7 Å². The van der Waals surface area contributed by atoms with Gasteiger partial charge >= 0.3 is 0 Å². The van der Waals surface area contributed by atoms with Gasteiger partial charge in [0.15, 0.2) is 0 Å². The molecule has 0 radical (unpaired) electrons. The summed E-state index contributed by atoms with van der Waals surface area (Å²) in [6.07, 6.45) is 4.94. The Labute approximate surface area is 152 Å². The normalized spacial score (nSPS) is 15.0. The van der Waals surface area contributed by atoms with Crippen molar-refractivity contribution < 1.29 is 13.2 Å². The van der Waals surface area contributed by atoms with Crippen LogP contribution >= 0.6 is 11.3 Å². The number of aryl methyl sites for hydroxylation is 1. The molecule has 2 aromatic rings. The molecule has 1 aliphatic carbocycles. The summed E-state index contributed by atoms with van der Waals surface area (Å²) in [5.74, 6) is -0.532. The van der Waals surface area contributed by atoms with Gasteiger partial charge in [0.25, 0.3) is 15.9 Å². The number of carbonyl (C=O) groups is 1. The first-order valence-corrected chi connectivity index (χ1v) is 10.8. The molecule has 1 heterocycles. The minimum atomic E-state index is -3.88. The number of thiophene rings is 1. The minimum Gasteiger partial charge on any atom is -0.268 e. The Morgan fingerprint density at radius 3 is 2.32 bits per heavy atom. The fourth-order valence-electron chi connectivity index (χ4n) is 3.08. The topological polar surface area (TPSA) is 63.2 Å². The highest BCUT2D eigenvalue weighted by Gasteiger charge is 2.24. The van der Waals surface area contributed by atoms with Crippen molar-refractivity contribution in [2.45, 2.75) is 43.9 Å². The number of amides is 1. The van der Waals surface area contributed by atoms with E-state index in [1.807, 2.05) is 23.8 Å². The third kappa shape index (κ3) is 4.19. The molecule has 6 heteroatoms. The Balaban J connectivity index is 1.92. The lowest BCUT2D eigenvalue weighted by atomic mass is 9.89. The Morgan fingerprint density at radius 2 is 1.72 bits per heavy atom. The standard InChI is InChI=1S/C19H21NO3S2/c1-14-7-9-17(10-8-14)25(22,23)20-19(21)18(16-11-12-24-13-16)15-5-3-2-4-6-15/h7-13H,2-6H2,1H3,(H,20,21). The zero-order valence-electron chi connectivity index (χ0n) is 14.1. The summed E-state index contributed by atoms with van der Waals surface area (Å²) in [6.45, 7) is 1.89. The smallest absolute Gasteiger partial charge is 0.265 e. The molecule has 1 fully saturated rings. The third-order valence-corrected chi connectivity index (χ3v) is 6.44. The number of carbonyl (C=O) groups excluding carboxylic acids is 1. The number of sulfonamides is 1. The lowest BCUT2D eigenvalue weighted by Gasteiger charge is -2.19. The second-order valence-corrected chi connectivity index (χ2v) is 8.76. The summed E-state index contributed by atoms with van der Waals surface area (Å²) >= 11 is 1.50. The molecule has 132 valence electrons. The average Bonchev–Trinajstić information content (AvgIpc) is 3.10. The van der Waals surface area contributed by atoms with Crippen molar-refractivity contribution in [3.8, 4) is 0 Å². The van der Waals surface area contributed by atoms with Crippen LogP contribution in [0, 0.1) is 6.92 Å². The van der Waals surface area contributed by atoms with Gasteiger partial charge in [0.1, 0.15) is 0 Å². The predicted molar refractivity (Wildman–Crippen MR) is 101 cm³/mol. The fraction of sp³-hybridized carbons (Fsp3) is 0.316. The van der Waals surface area contributed by atoms with Crippen LogP contribution in [0.4, 0.5) is 0 Å². The van der Waals surface area contributed by atoms with E-state index in [9.17, 15) is 13.2 Å². The summed E-state index contributed by atoms with van der Waals surface area (Å²) < 4.78 is 27.4. The van der Waals surface area contributed by atoms with E-state index < -0.39 is 15.9 Å². The first kappa shape index (κ1) is 17.9. The molecule has 1 saturated carbocycles. The van der Waals surface area contributed by atoms with Gasteiger partial charge in [-0.2, -0.15) is 11.3 Å². The molecule has 0 atom stereocenters. The molecular weight excluding hydrogens is 354 g/mol. The molecule has 1 aliphatic rings. The zero-order chi connectivity index (χ0) is 17.9. The molecule has 1 aromatic carbocycles. The van der Waals surface area contributed by atoms with Crippen molar-refractivity contribution in [1.82, 2.24) is 4.72 Å². The molecule has 0 aliphatic heterocycles. The van der Waals surface area contributed by atoms with E-state index in [4.69, 9.17) is 0 Å². The number of hydrogen-bond acceptors (Lipinski definition) is 4. The Morgan fingerprint density at radius 1 is 1.04 bits per heavy atom. The Bertz CT molecular complexity index is 871. The molecule has 4 nitrogen and oxygen atoms in total. The molecule has 0 saturated heterocycles. The lowest BCUT2D eigenvalue weighted by Crippen LogP contribution is -2.32. The van der Waals surface area contributed by atoms with Crippen LogP contribution in [0.2, 0.25) is 0 Å². The first-order valence-electron chi connectivity index (χ1n) is 8.36. The van der Waals surface area contributed by atoms with E-state index in [1.54, 1.807) is 12.1 Å². The largest absolute Gasteiger partial charge is 0.268 e. The number of rotatable bonds is 4. The van der Waals surface area contributed by atoms with E-state index in [0.29, 0.717) is 5.57 Å². The van der Waals surface area contributed by atoms with E-state index in [2.05, 4.69) is 4.72 Å². The maximum Gasteiger partial charge on any atom is 0.265 e. The van der Waals surface area contributed by atoms with E-state index in [-0.39, 0.29) is 4.90 Å². The number of benzene rings is 1. The summed E-state index contributed by atoms with van der Waals surface area (Å²) in [5.41, 5.74) is 3.35. The Kier molecular flexibility index (Phi) is 5.39. The highest BCUT2D eigenvalue weighted by atomic mass is 32.2. The molecular formula is C19H21NO3S2. The van der Waals surface area contributed by atoms with Gasteiger partial charge in [-0.05, 0) is 67.1 Å². The Hall–Kier alpha value is -1.92. The van der Waals surface area contributed by atoms with Crippen molar-refractivity contribution in [3.63, 3.8) is 0 Å². The molecule has 0 unspecified atom stereocenters. The van der Waals surface area contributed by atoms with Crippen LogP contribution in [-0.4, -0.2) is 14.3 Å². The van der Waals surface area contributed by atoms with Gasteiger partial charge in [0.05, 0.1) is 4.90 Å². The lowest BCUT2D eigenvalue weighted by molar-refractivity contribution is -0.114. The molecule has 3 rings (SSSR count). The zero-order valence-corrected chi connectivity index (χ0v) is 15.8. The second-order valence-electron chi connectivity index (χ2n) is 6.30. The average molecular weight is 376 g/mol. The van der Waals surface area contributed by atoms with Crippen molar-refractivity contribution in [3.05, 3.63) is 57.8 Å². The monoisotopic (exact) mass is 375 g/mol. The van der Waals surface area contributed by atoms with E-state index in [1.165, 1.54) is 23.5 Å². The first-order chi connectivity index (χ1) is 12.0. The minimum absolute atomic E-state index is 0.102. The van der Waals surface area contributed by atoms with E-state index in [0.717, 1.165) is 48.8 Å². The molecule has 1 N–H and O–H groups in total. The summed E-state index contributed by atoms with van der Waals surface area (Å²) in [6, 6.07) is 8.35. The van der Waals surface area contributed by atoms with Crippen LogP contribution in [-0.2, 0) is 14.8 Å². The summed E-state index contributed by atoms with van der Waals surface area (Å²) in [7, 11) is -3.88. The van der Waals surface area contributed by atoms with Gasteiger partial charge in [0.2, 0.25) is 0 Å². The van der Waals surface area contributed by atoms with Crippen LogP contribution in [0.25, 0.3) is 5.57 Å². The van der Waals surface area contributed by atoms with Crippen LogP contribution in [0.5, 0.6) is 0 Å².